The van der Waals surface area contributed by atoms with Gasteiger partial charge in [0.05, 0.1) is 41.9 Å². The molecule has 0 aliphatic carbocycles. The van der Waals surface area contributed by atoms with Crippen LogP contribution in [0.2, 0.25) is 0 Å². The third-order valence-corrected chi connectivity index (χ3v) is 5.43. The maximum atomic E-state index is 12.4. The summed E-state index contributed by atoms with van der Waals surface area (Å²) in [4.78, 5) is 17.2. The van der Waals surface area contributed by atoms with E-state index in [9.17, 15) is 10.1 Å². The number of esters is 1. The minimum absolute atomic E-state index is 0.390. The van der Waals surface area contributed by atoms with Gasteiger partial charge in [-0.2, -0.15) is 5.26 Å². The number of carbonyl (C=O) groups is 1. The smallest absolute Gasteiger partial charge is 0.340 e. The molecule has 0 spiro atoms. The van der Waals surface area contributed by atoms with E-state index in [0.29, 0.717) is 30.7 Å². The molecule has 4 rings (SSSR count). The Balaban J connectivity index is 1.74. The van der Waals surface area contributed by atoms with E-state index < -0.39 is 5.97 Å². The summed E-state index contributed by atoms with van der Waals surface area (Å²) in [7, 11) is 3.04. The van der Waals surface area contributed by atoms with Gasteiger partial charge in [-0.3, -0.25) is 0 Å². The van der Waals surface area contributed by atoms with Gasteiger partial charge in [0.2, 0.25) is 0 Å². The first-order valence-electron chi connectivity index (χ1n) is 10.3. The lowest BCUT2D eigenvalue weighted by atomic mass is 9.99. The quantitative estimate of drug-likeness (QED) is 0.405. The van der Waals surface area contributed by atoms with Crippen molar-refractivity contribution in [2.45, 2.75) is 13.0 Å². The molecule has 3 aromatic carbocycles. The number of ether oxygens (including phenoxy) is 2. The lowest BCUT2D eigenvalue weighted by Crippen LogP contribution is -2.10. The summed E-state index contributed by atoms with van der Waals surface area (Å²) in [6, 6.07) is 23.4. The Bertz CT molecular complexity index is 1300. The van der Waals surface area contributed by atoms with Crippen LogP contribution in [0.4, 0.5) is 0 Å². The molecule has 0 saturated heterocycles. The molecular weight excluding hydrogens is 402 g/mol. The van der Waals surface area contributed by atoms with Crippen LogP contribution in [0, 0.1) is 11.3 Å². The fourth-order valence-electron chi connectivity index (χ4n) is 3.87. The van der Waals surface area contributed by atoms with Gasteiger partial charge in [0.1, 0.15) is 5.82 Å². The van der Waals surface area contributed by atoms with Crippen molar-refractivity contribution in [1.82, 2.24) is 9.55 Å². The number of para-hydroxylation sites is 1. The van der Waals surface area contributed by atoms with E-state index in [-0.39, 0.29) is 0 Å². The van der Waals surface area contributed by atoms with Crippen molar-refractivity contribution in [2.75, 3.05) is 20.8 Å². The highest BCUT2D eigenvalue weighted by Crippen LogP contribution is 2.26. The van der Waals surface area contributed by atoms with Gasteiger partial charge in [-0.1, -0.05) is 48.5 Å². The summed E-state index contributed by atoms with van der Waals surface area (Å²) in [5.74, 6) is 0.454. The van der Waals surface area contributed by atoms with Crippen molar-refractivity contribution in [2.24, 2.45) is 0 Å². The predicted octanol–water partition coefficient (Wildman–Crippen LogP) is 4.60. The Morgan fingerprint density at radius 3 is 2.53 bits per heavy atom. The average Bonchev–Trinajstić information content (AvgIpc) is 3.19. The van der Waals surface area contributed by atoms with E-state index in [1.807, 2.05) is 60.7 Å². The normalized spacial score (nSPS) is 10.8. The van der Waals surface area contributed by atoms with Gasteiger partial charge >= 0.3 is 5.97 Å². The van der Waals surface area contributed by atoms with E-state index in [1.165, 1.54) is 7.11 Å². The van der Waals surface area contributed by atoms with Crippen LogP contribution in [-0.2, 0) is 22.4 Å². The summed E-state index contributed by atoms with van der Waals surface area (Å²) in [5, 5.41) is 9.39. The Labute approximate surface area is 186 Å². The SMILES string of the molecule is COCCc1nc2cccc(C(=O)OC)c2n1Cc1ccc(-c2ccccc2C#N)cc1. The number of rotatable bonds is 7. The summed E-state index contributed by atoms with van der Waals surface area (Å²) in [6.45, 7) is 1.07. The van der Waals surface area contributed by atoms with E-state index in [2.05, 4.69) is 10.6 Å². The largest absolute Gasteiger partial charge is 0.465 e. The molecule has 6 nitrogen and oxygen atoms in total. The number of imidazole rings is 1. The highest BCUT2D eigenvalue weighted by atomic mass is 16.5. The van der Waals surface area contributed by atoms with Crippen molar-refractivity contribution < 1.29 is 14.3 Å². The molecule has 0 amide bonds. The van der Waals surface area contributed by atoms with Crippen LogP contribution < -0.4 is 0 Å². The Hall–Kier alpha value is -3.95. The van der Waals surface area contributed by atoms with Crippen molar-refractivity contribution in [3.63, 3.8) is 0 Å². The van der Waals surface area contributed by atoms with Gasteiger partial charge in [0.15, 0.2) is 0 Å². The number of fused-ring (bicyclic) bond motifs is 1. The van der Waals surface area contributed by atoms with Crippen LogP contribution in [0.3, 0.4) is 0 Å². The van der Waals surface area contributed by atoms with Gasteiger partial charge in [0, 0.05) is 20.1 Å². The molecule has 160 valence electrons. The van der Waals surface area contributed by atoms with Crippen molar-refractivity contribution in [3.05, 3.63) is 89.2 Å². The molecule has 0 saturated carbocycles. The van der Waals surface area contributed by atoms with Crippen LogP contribution in [0.15, 0.2) is 66.7 Å². The third kappa shape index (κ3) is 4.11. The van der Waals surface area contributed by atoms with Crippen LogP contribution >= 0.6 is 0 Å². The molecule has 6 heteroatoms. The fraction of sp³-hybridized carbons (Fsp3) is 0.192. The molecule has 0 unspecified atom stereocenters. The summed E-state index contributed by atoms with van der Waals surface area (Å²) in [5.41, 5.74) is 5.58. The lowest BCUT2D eigenvalue weighted by Gasteiger charge is -2.12. The molecule has 0 radical (unpaired) electrons. The number of carbonyl (C=O) groups excluding carboxylic acids is 1. The summed E-state index contributed by atoms with van der Waals surface area (Å²) >= 11 is 0. The lowest BCUT2D eigenvalue weighted by molar-refractivity contribution is 0.0602. The van der Waals surface area contributed by atoms with Gasteiger partial charge in [-0.05, 0) is 34.9 Å². The zero-order valence-corrected chi connectivity index (χ0v) is 18.0. The fourth-order valence-corrected chi connectivity index (χ4v) is 3.87. The van der Waals surface area contributed by atoms with Crippen molar-refractivity contribution in [1.29, 1.82) is 5.26 Å². The number of nitriles is 1. The molecule has 0 N–H and O–H groups in total. The van der Waals surface area contributed by atoms with E-state index in [1.54, 1.807) is 13.2 Å². The van der Waals surface area contributed by atoms with Gasteiger partial charge < -0.3 is 14.0 Å². The standard InChI is InChI=1S/C26H23N3O3/c1-31-15-14-24-28-23-9-5-8-22(26(30)32-2)25(23)29(24)17-18-10-12-19(13-11-18)21-7-4-3-6-20(21)16-27/h3-13H,14-15,17H2,1-2H3. The molecule has 4 aromatic rings. The first-order valence-corrected chi connectivity index (χ1v) is 10.3. The Morgan fingerprint density at radius 1 is 1.03 bits per heavy atom. The first kappa shape index (κ1) is 21.3. The molecule has 0 atom stereocenters. The topological polar surface area (TPSA) is 77.1 Å². The number of hydrogen-bond acceptors (Lipinski definition) is 5. The Kier molecular flexibility index (Phi) is 6.29. The minimum Gasteiger partial charge on any atom is -0.465 e. The second kappa shape index (κ2) is 9.46. The van der Waals surface area contributed by atoms with Gasteiger partial charge in [0.25, 0.3) is 0 Å². The molecule has 0 aliphatic heterocycles. The number of methoxy groups -OCH3 is 2. The van der Waals surface area contributed by atoms with Crippen LogP contribution in [-0.4, -0.2) is 36.3 Å². The third-order valence-electron chi connectivity index (χ3n) is 5.43. The molecular formula is C26H23N3O3. The molecule has 1 heterocycles. The van der Waals surface area contributed by atoms with Gasteiger partial charge in [-0.25, -0.2) is 9.78 Å². The number of benzene rings is 3. The van der Waals surface area contributed by atoms with Crippen molar-refractivity contribution in [3.8, 4) is 17.2 Å². The van der Waals surface area contributed by atoms with Crippen molar-refractivity contribution >= 4 is 17.0 Å². The maximum Gasteiger partial charge on any atom is 0.340 e. The van der Waals surface area contributed by atoms with Gasteiger partial charge in [-0.15, -0.1) is 0 Å². The molecule has 0 fully saturated rings. The highest BCUT2D eigenvalue weighted by molar-refractivity contribution is 6.02. The van der Waals surface area contributed by atoms with Crippen LogP contribution in [0.1, 0.15) is 27.3 Å². The first-order chi connectivity index (χ1) is 15.7. The van der Waals surface area contributed by atoms with Crippen LogP contribution in [0.5, 0.6) is 0 Å². The second-order valence-electron chi connectivity index (χ2n) is 7.38. The summed E-state index contributed by atoms with van der Waals surface area (Å²) in [6.07, 6.45) is 0.624. The maximum absolute atomic E-state index is 12.4. The summed E-state index contributed by atoms with van der Waals surface area (Å²) < 4.78 is 12.3. The Morgan fingerprint density at radius 2 is 1.81 bits per heavy atom. The monoisotopic (exact) mass is 425 g/mol. The second-order valence-corrected chi connectivity index (χ2v) is 7.38. The number of hydrogen-bond donors (Lipinski definition) is 0. The highest BCUT2D eigenvalue weighted by Gasteiger charge is 2.19. The van der Waals surface area contributed by atoms with Crippen LogP contribution in [0.25, 0.3) is 22.2 Å². The zero-order chi connectivity index (χ0) is 22.5. The van der Waals surface area contributed by atoms with E-state index in [4.69, 9.17) is 14.5 Å². The van der Waals surface area contributed by atoms with E-state index >= 15 is 0 Å². The molecule has 0 bridgehead atoms. The number of nitrogens with zero attached hydrogens (tertiary/aromatic N) is 3. The zero-order valence-electron chi connectivity index (χ0n) is 18.0. The molecule has 32 heavy (non-hydrogen) atoms. The number of aromatic nitrogens is 2. The minimum atomic E-state index is -0.390. The molecule has 1 aromatic heterocycles. The predicted molar refractivity (Wildman–Crippen MR) is 122 cm³/mol. The van der Waals surface area contributed by atoms with E-state index in [0.717, 1.165) is 33.5 Å². The molecule has 0 aliphatic rings. The average molecular weight is 425 g/mol.